The van der Waals surface area contributed by atoms with Crippen molar-refractivity contribution in [2.45, 2.75) is 31.2 Å². The van der Waals surface area contributed by atoms with E-state index >= 15 is 0 Å². The zero-order valence-corrected chi connectivity index (χ0v) is 11.9. The standard InChI is InChI=1S/C13H16BrClFN/c14-11-6-9(4-5-13(11)16)7-17-8-10-2-1-3-12(10)15/h4-6,10,12,17H,1-3,7-8H2. The van der Waals surface area contributed by atoms with Crippen molar-refractivity contribution in [1.82, 2.24) is 5.32 Å². The van der Waals surface area contributed by atoms with E-state index in [2.05, 4.69) is 21.2 Å². The fraction of sp³-hybridized carbons (Fsp3) is 0.538. The molecule has 1 saturated carbocycles. The minimum Gasteiger partial charge on any atom is -0.312 e. The Kier molecular flexibility index (Phi) is 4.83. The Morgan fingerprint density at radius 3 is 2.88 bits per heavy atom. The van der Waals surface area contributed by atoms with Gasteiger partial charge in [0.25, 0.3) is 0 Å². The number of hydrogen-bond donors (Lipinski definition) is 1. The van der Waals surface area contributed by atoms with Crippen molar-refractivity contribution in [3.05, 3.63) is 34.1 Å². The highest BCUT2D eigenvalue weighted by Crippen LogP contribution is 2.29. The van der Waals surface area contributed by atoms with Gasteiger partial charge in [-0.3, -0.25) is 0 Å². The lowest BCUT2D eigenvalue weighted by atomic mass is 10.1. The Morgan fingerprint density at radius 2 is 2.24 bits per heavy atom. The first-order valence-corrected chi connectivity index (χ1v) is 7.18. The van der Waals surface area contributed by atoms with Crippen molar-refractivity contribution in [2.75, 3.05) is 6.54 Å². The van der Waals surface area contributed by atoms with Crippen LogP contribution in [0.3, 0.4) is 0 Å². The lowest BCUT2D eigenvalue weighted by Crippen LogP contribution is -2.25. The molecule has 0 spiro atoms. The lowest BCUT2D eigenvalue weighted by molar-refractivity contribution is 0.493. The van der Waals surface area contributed by atoms with Crippen LogP contribution in [0.4, 0.5) is 4.39 Å². The molecule has 1 aromatic carbocycles. The highest BCUT2D eigenvalue weighted by atomic mass is 79.9. The summed E-state index contributed by atoms with van der Waals surface area (Å²) in [4.78, 5) is 0. The lowest BCUT2D eigenvalue weighted by Gasteiger charge is -2.14. The van der Waals surface area contributed by atoms with Gasteiger partial charge in [-0.2, -0.15) is 0 Å². The maximum atomic E-state index is 13.0. The molecular formula is C13H16BrClFN. The van der Waals surface area contributed by atoms with E-state index in [1.807, 2.05) is 6.07 Å². The molecule has 1 aliphatic carbocycles. The number of rotatable bonds is 4. The molecule has 17 heavy (non-hydrogen) atoms. The molecule has 1 nitrogen and oxygen atoms in total. The molecule has 1 N–H and O–H groups in total. The molecule has 4 heteroatoms. The zero-order chi connectivity index (χ0) is 12.3. The molecule has 0 heterocycles. The third kappa shape index (κ3) is 3.67. The topological polar surface area (TPSA) is 12.0 Å². The summed E-state index contributed by atoms with van der Waals surface area (Å²) in [6.45, 7) is 1.71. The molecule has 0 saturated heterocycles. The fourth-order valence-corrected chi connectivity index (χ4v) is 3.07. The molecule has 0 aliphatic heterocycles. The van der Waals surface area contributed by atoms with Crippen LogP contribution >= 0.6 is 27.5 Å². The molecule has 94 valence electrons. The second kappa shape index (κ2) is 6.17. The van der Waals surface area contributed by atoms with E-state index in [0.29, 0.717) is 15.8 Å². The van der Waals surface area contributed by atoms with Crippen LogP contribution in [0.25, 0.3) is 0 Å². The molecule has 0 amide bonds. The van der Waals surface area contributed by atoms with Gasteiger partial charge in [-0.25, -0.2) is 4.39 Å². The monoisotopic (exact) mass is 319 g/mol. The molecule has 2 unspecified atom stereocenters. The largest absolute Gasteiger partial charge is 0.312 e. The van der Waals surface area contributed by atoms with E-state index in [1.54, 1.807) is 6.07 Å². The normalized spacial score (nSPS) is 24.2. The number of alkyl halides is 1. The van der Waals surface area contributed by atoms with Crippen LogP contribution in [0, 0.1) is 11.7 Å². The Labute approximate surface area is 115 Å². The SMILES string of the molecule is Fc1ccc(CNCC2CCCC2Cl)cc1Br. The van der Waals surface area contributed by atoms with E-state index < -0.39 is 0 Å². The van der Waals surface area contributed by atoms with Crippen LogP contribution in [0.15, 0.2) is 22.7 Å². The summed E-state index contributed by atoms with van der Waals surface area (Å²) >= 11 is 9.40. The first-order chi connectivity index (χ1) is 8.16. The average molecular weight is 321 g/mol. The van der Waals surface area contributed by atoms with Crippen molar-refractivity contribution in [1.29, 1.82) is 0 Å². The highest BCUT2D eigenvalue weighted by Gasteiger charge is 2.24. The van der Waals surface area contributed by atoms with Crippen LogP contribution in [0.2, 0.25) is 0 Å². The summed E-state index contributed by atoms with van der Waals surface area (Å²) in [5, 5.41) is 3.71. The Balaban J connectivity index is 1.79. The molecule has 1 aromatic rings. The van der Waals surface area contributed by atoms with Crippen molar-refractivity contribution in [3.63, 3.8) is 0 Å². The van der Waals surface area contributed by atoms with Gasteiger partial charge in [-0.15, -0.1) is 11.6 Å². The van der Waals surface area contributed by atoms with Gasteiger partial charge in [0, 0.05) is 11.9 Å². The fourth-order valence-electron chi connectivity index (χ4n) is 2.27. The van der Waals surface area contributed by atoms with Crippen molar-refractivity contribution >= 4 is 27.5 Å². The second-order valence-electron chi connectivity index (χ2n) is 4.59. The minimum absolute atomic E-state index is 0.217. The molecule has 0 aromatic heterocycles. The summed E-state index contributed by atoms with van der Waals surface area (Å²) in [6, 6.07) is 5.11. The van der Waals surface area contributed by atoms with Gasteiger partial charge in [-0.05, 0) is 58.9 Å². The second-order valence-corrected chi connectivity index (χ2v) is 6.00. The van der Waals surface area contributed by atoms with E-state index in [9.17, 15) is 4.39 Å². The minimum atomic E-state index is -0.217. The summed E-state index contributed by atoms with van der Waals surface area (Å²) in [5.74, 6) is 0.367. The van der Waals surface area contributed by atoms with E-state index in [1.165, 1.54) is 18.9 Å². The van der Waals surface area contributed by atoms with Gasteiger partial charge in [-0.1, -0.05) is 12.5 Å². The van der Waals surface area contributed by atoms with Crippen molar-refractivity contribution in [2.24, 2.45) is 5.92 Å². The Morgan fingerprint density at radius 1 is 1.41 bits per heavy atom. The number of nitrogens with one attached hydrogen (secondary N) is 1. The maximum Gasteiger partial charge on any atom is 0.137 e. The number of benzene rings is 1. The summed E-state index contributed by atoms with van der Waals surface area (Å²) in [7, 11) is 0. The summed E-state index contributed by atoms with van der Waals surface area (Å²) in [5.41, 5.74) is 1.09. The third-order valence-corrected chi connectivity index (χ3v) is 4.47. The molecule has 0 radical (unpaired) electrons. The zero-order valence-electron chi connectivity index (χ0n) is 9.56. The van der Waals surface area contributed by atoms with E-state index in [-0.39, 0.29) is 5.82 Å². The predicted octanol–water partition coefficient (Wildman–Crippen LogP) is 4.09. The van der Waals surface area contributed by atoms with Gasteiger partial charge < -0.3 is 5.32 Å². The Bertz CT molecular complexity index is 386. The Hall–Kier alpha value is -0.120. The molecular weight excluding hydrogens is 305 g/mol. The van der Waals surface area contributed by atoms with Gasteiger partial charge in [0.05, 0.1) is 4.47 Å². The van der Waals surface area contributed by atoms with Crippen LogP contribution in [0.1, 0.15) is 24.8 Å². The number of hydrogen-bond acceptors (Lipinski definition) is 1. The highest BCUT2D eigenvalue weighted by molar-refractivity contribution is 9.10. The molecule has 1 fully saturated rings. The molecule has 0 bridgehead atoms. The van der Waals surface area contributed by atoms with Crippen molar-refractivity contribution < 1.29 is 4.39 Å². The molecule has 2 rings (SSSR count). The average Bonchev–Trinajstić information content (AvgIpc) is 2.70. The smallest absolute Gasteiger partial charge is 0.137 e. The van der Waals surface area contributed by atoms with Crippen molar-refractivity contribution in [3.8, 4) is 0 Å². The molecule has 1 aliphatic rings. The predicted molar refractivity (Wildman–Crippen MR) is 72.8 cm³/mol. The van der Waals surface area contributed by atoms with Crippen LogP contribution in [-0.2, 0) is 6.54 Å². The first kappa shape index (κ1) is 13.3. The summed E-state index contributed by atoms with van der Waals surface area (Å²) in [6.07, 6.45) is 3.59. The quantitative estimate of drug-likeness (QED) is 0.824. The van der Waals surface area contributed by atoms with E-state index in [4.69, 9.17) is 11.6 Å². The van der Waals surface area contributed by atoms with Crippen LogP contribution in [0.5, 0.6) is 0 Å². The van der Waals surface area contributed by atoms with Gasteiger partial charge in [0.15, 0.2) is 0 Å². The first-order valence-electron chi connectivity index (χ1n) is 5.95. The van der Waals surface area contributed by atoms with Crippen LogP contribution < -0.4 is 5.32 Å². The van der Waals surface area contributed by atoms with E-state index in [0.717, 1.165) is 25.1 Å². The number of halogens is 3. The molecule has 2 atom stereocenters. The van der Waals surface area contributed by atoms with Crippen LogP contribution in [-0.4, -0.2) is 11.9 Å². The third-order valence-electron chi connectivity index (χ3n) is 3.29. The maximum absolute atomic E-state index is 13.0. The van der Waals surface area contributed by atoms with Gasteiger partial charge >= 0.3 is 0 Å². The van der Waals surface area contributed by atoms with Gasteiger partial charge in [0.1, 0.15) is 5.82 Å². The summed E-state index contributed by atoms with van der Waals surface area (Å²) < 4.78 is 13.6. The van der Waals surface area contributed by atoms with Gasteiger partial charge in [0.2, 0.25) is 0 Å².